The van der Waals surface area contributed by atoms with E-state index in [0.29, 0.717) is 21.9 Å². The minimum absolute atomic E-state index is 0.409. The van der Waals surface area contributed by atoms with Crippen molar-refractivity contribution in [3.05, 3.63) is 71.5 Å². The third kappa shape index (κ3) is 2.45. The van der Waals surface area contributed by atoms with Gasteiger partial charge in [0.2, 0.25) is 0 Å². The Morgan fingerprint density at radius 3 is 2.67 bits per heavy atom. The molecule has 0 bridgehead atoms. The Balaban J connectivity index is 1.77. The molecule has 6 heteroatoms. The minimum atomic E-state index is -0.489. The van der Waals surface area contributed by atoms with Crippen molar-refractivity contribution in [2.45, 2.75) is 0 Å². The lowest BCUT2D eigenvalue weighted by atomic mass is 10.2. The number of carbonyl (C=O) groups excluding carboxylic acids is 1. The third-order valence-electron chi connectivity index (χ3n) is 3.87. The lowest BCUT2D eigenvalue weighted by Gasteiger charge is -2.01. The first kappa shape index (κ1) is 14.5. The van der Waals surface area contributed by atoms with E-state index < -0.39 is 5.91 Å². The number of rotatable bonds is 3. The lowest BCUT2D eigenvalue weighted by molar-refractivity contribution is 0.100. The van der Waals surface area contributed by atoms with Crippen molar-refractivity contribution in [1.29, 1.82) is 0 Å². The van der Waals surface area contributed by atoms with Crippen LogP contribution in [0.1, 0.15) is 10.4 Å². The van der Waals surface area contributed by atoms with E-state index in [4.69, 9.17) is 17.3 Å². The average molecular weight is 337 g/mol. The second-order valence-corrected chi connectivity index (χ2v) is 5.87. The van der Waals surface area contributed by atoms with E-state index in [1.165, 1.54) is 0 Å². The fraction of sp³-hybridized carbons (Fsp3) is 0. The summed E-state index contributed by atoms with van der Waals surface area (Å²) in [7, 11) is 0. The van der Waals surface area contributed by atoms with Crippen LogP contribution >= 0.6 is 11.6 Å². The lowest BCUT2D eigenvalue weighted by Crippen LogP contribution is -2.11. The van der Waals surface area contributed by atoms with E-state index in [-0.39, 0.29) is 0 Å². The van der Waals surface area contributed by atoms with Gasteiger partial charge in [0.05, 0.1) is 11.1 Å². The molecule has 0 saturated heterocycles. The van der Waals surface area contributed by atoms with Crippen LogP contribution in [-0.4, -0.2) is 20.4 Å². The molecular weight excluding hydrogens is 324 g/mol. The fourth-order valence-electron chi connectivity index (χ4n) is 2.68. The first-order valence-corrected chi connectivity index (χ1v) is 7.72. The summed E-state index contributed by atoms with van der Waals surface area (Å²) in [6.45, 7) is 0. The molecule has 2 aromatic heterocycles. The van der Waals surface area contributed by atoms with Gasteiger partial charge in [-0.3, -0.25) is 4.79 Å². The maximum atomic E-state index is 11.5. The Morgan fingerprint density at radius 2 is 1.92 bits per heavy atom. The summed E-state index contributed by atoms with van der Waals surface area (Å²) < 4.78 is 1.98. The van der Waals surface area contributed by atoms with Crippen molar-refractivity contribution < 1.29 is 4.79 Å². The van der Waals surface area contributed by atoms with Gasteiger partial charge in [0.25, 0.3) is 5.91 Å². The van der Waals surface area contributed by atoms with Crippen LogP contribution in [0.4, 0.5) is 0 Å². The molecule has 0 atom stereocenters. The molecule has 5 nitrogen and oxygen atoms in total. The largest absolute Gasteiger partial charge is 0.366 e. The standard InChI is InChI=1S/C18H13ClN4O/c19-12-4-6-13(7-5-12)23-9-8-11(10-23)18-21-15-3-1-2-14(17(20)24)16(15)22-18/h1-10H,(H2,20,24)(H,21,22). The molecule has 0 aliphatic carbocycles. The van der Waals surface area contributed by atoms with Crippen molar-refractivity contribution in [3.63, 3.8) is 0 Å². The molecule has 0 saturated carbocycles. The number of nitrogens with two attached hydrogens (primary N) is 1. The molecule has 0 fully saturated rings. The molecule has 0 spiro atoms. The molecule has 2 heterocycles. The molecule has 0 unspecified atom stereocenters. The van der Waals surface area contributed by atoms with Crippen molar-refractivity contribution in [3.8, 4) is 17.1 Å². The number of benzene rings is 2. The van der Waals surface area contributed by atoms with Gasteiger partial charge in [0, 0.05) is 28.7 Å². The summed E-state index contributed by atoms with van der Waals surface area (Å²) in [6.07, 6.45) is 3.91. The number of fused-ring (bicyclic) bond motifs is 1. The molecule has 1 amide bonds. The number of aromatic nitrogens is 3. The Hall–Kier alpha value is -3.05. The van der Waals surface area contributed by atoms with E-state index in [0.717, 1.165) is 16.8 Å². The smallest absolute Gasteiger partial charge is 0.250 e. The van der Waals surface area contributed by atoms with Crippen molar-refractivity contribution in [1.82, 2.24) is 14.5 Å². The molecule has 4 aromatic rings. The van der Waals surface area contributed by atoms with Crippen molar-refractivity contribution in [2.75, 3.05) is 0 Å². The highest BCUT2D eigenvalue weighted by Gasteiger charge is 2.12. The van der Waals surface area contributed by atoms with Gasteiger partial charge >= 0.3 is 0 Å². The zero-order chi connectivity index (χ0) is 16.7. The number of hydrogen-bond acceptors (Lipinski definition) is 2. The Bertz CT molecular complexity index is 1050. The second-order valence-electron chi connectivity index (χ2n) is 5.44. The van der Waals surface area contributed by atoms with E-state index in [2.05, 4.69) is 9.97 Å². The zero-order valence-electron chi connectivity index (χ0n) is 12.5. The van der Waals surface area contributed by atoms with Gasteiger partial charge in [0.15, 0.2) is 0 Å². The summed E-state index contributed by atoms with van der Waals surface area (Å²) in [5, 5.41) is 0.697. The molecule has 0 aliphatic rings. The van der Waals surface area contributed by atoms with Crippen LogP contribution in [-0.2, 0) is 0 Å². The summed E-state index contributed by atoms with van der Waals surface area (Å²) >= 11 is 5.92. The van der Waals surface area contributed by atoms with Gasteiger partial charge in [-0.1, -0.05) is 17.7 Å². The third-order valence-corrected chi connectivity index (χ3v) is 4.12. The SMILES string of the molecule is NC(=O)c1cccc2[nH]c(-c3ccn(-c4ccc(Cl)cc4)c3)nc12. The van der Waals surface area contributed by atoms with Gasteiger partial charge in [-0.2, -0.15) is 0 Å². The number of nitrogens with one attached hydrogen (secondary N) is 1. The fourth-order valence-corrected chi connectivity index (χ4v) is 2.80. The normalized spacial score (nSPS) is 11.0. The summed E-state index contributed by atoms with van der Waals surface area (Å²) in [5.41, 5.74) is 9.10. The van der Waals surface area contributed by atoms with E-state index in [9.17, 15) is 4.79 Å². The number of para-hydroxylation sites is 1. The summed E-state index contributed by atoms with van der Waals surface area (Å²) in [6, 6.07) is 14.8. The quantitative estimate of drug-likeness (QED) is 0.597. The van der Waals surface area contributed by atoms with Crippen molar-refractivity contribution >= 4 is 28.5 Å². The first-order valence-electron chi connectivity index (χ1n) is 7.35. The van der Waals surface area contributed by atoms with Crippen molar-refractivity contribution in [2.24, 2.45) is 5.73 Å². The summed E-state index contributed by atoms with van der Waals surface area (Å²) in [5.74, 6) is 0.198. The molecule has 0 radical (unpaired) electrons. The predicted molar refractivity (Wildman–Crippen MR) is 94.4 cm³/mol. The number of hydrogen-bond donors (Lipinski definition) is 2. The maximum Gasteiger partial charge on any atom is 0.250 e. The predicted octanol–water partition coefficient (Wildman–Crippen LogP) is 3.77. The topological polar surface area (TPSA) is 76.7 Å². The highest BCUT2D eigenvalue weighted by molar-refractivity contribution is 6.30. The van der Waals surface area contributed by atoms with Crippen LogP contribution in [0, 0.1) is 0 Å². The Morgan fingerprint density at radius 1 is 1.12 bits per heavy atom. The summed E-state index contributed by atoms with van der Waals surface area (Å²) in [4.78, 5) is 19.3. The van der Waals surface area contributed by atoms with E-state index >= 15 is 0 Å². The number of nitrogens with zero attached hydrogens (tertiary/aromatic N) is 2. The molecule has 118 valence electrons. The minimum Gasteiger partial charge on any atom is -0.366 e. The number of aromatic amines is 1. The molecule has 3 N–H and O–H groups in total. The zero-order valence-corrected chi connectivity index (χ0v) is 13.3. The number of amides is 1. The van der Waals surface area contributed by atoms with Crippen LogP contribution in [0.25, 0.3) is 28.1 Å². The molecule has 4 rings (SSSR count). The van der Waals surface area contributed by atoms with Crippen LogP contribution in [0.2, 0.25) is 5.02 Å². The van der Waals surface area contributed by atoms with Gasteiger partial charge in [-0.25, -0.2) is 4.98 Å². The maximum absolute atomic E-state index is 11.5. The van der Waals surface area contributed by atoms with Gasteiger partial charge < -0.3 is 15.3 Å². The number of halogens is 1. The first-order chi connectivity index (χ1) is 11.6. The van der Waals surface area contributed by atoms with Crippen LogP contribution in [0.5, 0.6) is 0 Å². The van der Waals surface area contributed by atoms with E-state index in [1.54, 1.807) is 12.1 Å². The average Bonchev–Trinajstić information content (AvgIpc) is 3.21. The number of H-pyrrole nitrogens is 1. The molecular formula is C18H13ClN4O. The number of carbonyl (C=O) groups is 1. The van der Waals surface area contributed by atoms with Crippen LogP contribution in [0.3, 0.4) is 0 Å². The van der Waals surface area contributed by atoms with Gasteiger partial charge in [0.1, 0.15) is 11.3 Å². The van der Waals surface area contributed by atoms with E-state index in [1.807, 2.05) is 53.4 Å². The van der Waals surface area contributed by atoms with Gasteiger partial charge in [-0.05, 0) is 42.5 Å². The molecule has 24 heavy (non-hydrogen) atoms. The van der Waals surface area contributed by atoms with Crippen LogP contribution in [0.15, 0.2) is 60.9 Å². The number of primary amides is 1. The Labute approximate surface area is 142 Å². The highest BCUT2D eigenvalue weighted by atomic mass is 35.5. The number of imidazole rings is 1. The monoisotopic (exact) mass is 336 g/mol. The van der Waals surface area contributed by atoms with Gasteiger partial charge in [-0.15, -0.1) is 0 Å². The Kier molecular flexibility index (Phi) is 3.36. The van der Waals surface area contributed by atoms with Crippen LogP contribution < -0.4 is 5.73 Å². The second kappa shape index (κ2) is 5.54. The molecule has 0 aliphatic heterocycles. The highest BCUT2D eigenvalue weighted by Crippen LogP contribution is 2.24. The molecule has 2 aromatic carbocycles.